The van der Waals surface area contributed by atoms with Crippen LogP contribution in [0, 0.1) is 5.92 Å². The summed E-state index contributed by atoms with van der Waals surface area (Å²) in [5, 5.41) is 30.5. The Morgan fingerprint density at radius 2 is 2.00 bits per heavy atom. The lowest BCUT2D eigenvalue weighted by atomic mass is 9.75. The SMILES string of the molecule is C=C[C@@](C)(CCC=C(C)C)c1ccc2c3c1NC(=O)[C@@]3(O)C[C@@H](CO)NC(=O)[C@H](C(C)C)N2. The number of carbonyl (C=O) groups excluding carboxylic acids is 2. The van der Waals surface area contributed by atoms with Gasteiger partial charge in [-0.15, -0.1) is 6.58 Å². The average molecular weight is 456 g/mol. The van der Waals surface area contributed by atoms with Crippen LogP contribution in [0.15, 0.2) is 36.4 Å². The van der Waals surface area contributed by atoms with Gasteiger partial charge in [0.05, 0.1) is 18.3 Å². The number of hydrogen-bond donors (Lipinski definition) is 5. The van der Waals surface area contributed by atoms with E-state index < -0.39 is 29.0 Å². The van der Waals surface area contributed by atoms with E-state index in [0.717, 1.165) is 18.4 Å². The number of carbonyl (C=O) groups is 2. The minimum Gasteiger partial charge on any atom is -0.394 e. The summed E-state index contributed by atoms with van der Waals surface area (Å²) in [4.78, 5) is 26.1. The normalized spacial score (nSPS) is 26.1. The van der Waals surface area contributed by atoms with Crippen molar-refractivity contribution in [1.29, 1.82) is 0 Å². The van der Waals surface area contributed by atoms with Crippen molar-refractivity contribution in [3.63, 3.8) is 0 Å². The van der Waals surface area contributed by atoms with Gasteiger partial charge in [0.15, 0.2) is 5.60 Å². The molecule has 33 heavy (non-hydrogen) atoms. The second-order valence-electron chi connectivity index (χ2n) is 10.1. The number of aliphatic hydroxyl groups excluding tert-OH is 1. The molecule has 2 amide bonds. The zero-order valence-electron chi connectivity index (χ0n) is 20.3. The van der Waals surface area contributed by atoms with Crippen molar-refractivity contribution in [2.24, 2.45) is 5.92 Å². The van der Waals surface area contributed by atoms with Crippen molar-refractivity contribution in [2.45, 2.75) is 77.0 Å². The molecule has 0 aliphatic carbocycles. The fourth-order valence-corrected chi connectivity index (χ4v) is 4.80. The molecular weight excluding hydrogens is 418 g/mol. The van der Waals surface area contributed by atoms with E-state index in [0.29, 0.717) is 16.9 Å². The Morgan fingerprint density at radius 3 is 2.58 bits per heavy atom. The molecule has 0 unspecified atom stereocenters. The molecule has 0 saturated heterocycles. The van der Waals surface area contributed by atoms with E-state index in [-0.39, 0.29) is 24.9 Å². The highest BCUT2D eigenvalue weighted by Crippen LogP contribution is 2.50. The first-order valence-corrected chi connectivity index (χ1v) is 11.6. The third-order valence-corrected chi connectivity index (χ3v) is 6.88. The number of aliphatic hydroxyl groups is 2. The molecule has 1 aromatic rings. The van der Waals surface area contributed by atoms with Crippen molar-refractivity contribution in [1.82, 2.24) is 5.32 Å². The van der Waals surface area contributed by atoms with Crippen LogP contribution in [0.25, 0.3) is 0 Å². The van der Waals surface area contributed by atoms with Gasteiger partial charge in [-0.2, -0.15) is 0 Å². The van der Waals surface area contributed by atoms with Crippen LogP contribution in [0.2, 0.25) is 0 Å². The Morgan fingerprint density at radius 1 is 1.30 bits per heavy atom. The summed E-state index contributed by atoms with van der Waals surface area (Å²) in [5.74, 6) is -0.888. The predicted octanol–water partition coefficient (Wildman–Crippen LogP) is 3.33. The fraction of sp³-hybridized carbons (Fsp3) is 0.538. The van der Waals surface area contributed by atoms with E-state index in [4.69, 9.17) is 0 Å². The molecule has 0 radical (unpaired) electrons. The number of rotatable bonds is 7. The average Bonchev–Trinajstić information content (AvgIpc) is 3.02. The predicted molar refractivity (Wildman–Crippen MR) is 131 cm³/mol. The van der Waals surface area contributed by atoms with Gasteiger partial charge >= 0.3 is 0 Å². The Kier molecular flexibility index (Phi) is 7.05. The van der Waals surface area contributed by atoms with Gasteiger partial charge < -0.3 is 26.2 Å². The molecule has 7 heteroatoms. The Balaban J connectivity index is 2.20. The quantitative estimate of drug-likeness (QED) is 0.405. The van der Waals surface area contributed by atoms with Gasteiger partial charge in [0.1, 0.15) is 6.04 Å². The third kappa shape index (κ3) is 4.57. The Hall–Kier alpha value is -2.64. The second-order valence-corrected chi connectivity index (χ2v) is 10.1. The zero-order chi connectivity index (χ0) is 24.6. The number of hydrogen-bond acceptors (Lipinski definition) is 5. The number of nitrogens with one attached hydrogen (secondary N) is 3. The van der Waals surface area contributed by atoms with Crippen LogP contribution < -0.4 is 16.0 Å². The van der Waals surface area contributed by atoms with Crippen molar-refractivity contribution >= 4 is 23.2 Å². The molecule has 0 saturated carbocycles. The minimum atomic E-state index is -1.89. The lowest BCUT2D eigenvalue weighted by molar-refractivity contribution is -0.136. The van der Waals surface area contributed by atoms with Gasteiger partial charge in [-0.05, 0) is 44.2 Å². The summed E-state index contributed by atoms with van der Waals surface area (Å²) in [6.07, 6.45) is 5.56. The second kappa shape index (κ2) is 9.31. The van der Waals surface area contributed by atoms with Crippen LogP contribution in [0.5, 0.6) is 0 Å². The molecule has 5 N–H and O–H groups in total. The summed E-state index contributed by atoms with van der Waals surface area (Å²) in [6.45, 7) is 13.7. The van der Waals surface area contributed by atoms with Crippen LogP contribution in [0.1, 0.15) is 65.0 Å². The van der Waals surface area contributed by atoms with Gasteiger partial charge in [0, 0.05) is 23.1 Å². The molecule has 7 nitrogen and oxygen atoms in total. The highest BCUT2D eigenvalue weighted by Gasteiger charge is 2.51. The number of anilines is 2. The van der Waals surface area contributed by atoms with Crippen molar-refractivity contribution in [3.8, 4) is 0 Å². The molecule has 2 heterocycles. The highest BCUT2D eigenvalue weighted by atomic mass is 16.3. The molecule has 4 atom stereocenters. The number of allylic oxidation sites excluding steroid dienone is 3. The highest BCUT2D eigenvalue weighted by molar-refractivity contribution is 6.08. The summed E-state index contributed by atoms with van der Waals surface area (Å²) in [5.41, 5.74) is 1.29. The Bertz CT molecular complexity index is 982. The van der Waals surface area contributed by atoms with Crippen LogP contribution in [0.4, 0.5) is 11.4 Å². The van der Waals surface area contributed by atoms with Crippen molar-refractivity contribution < 1.29 is 19.8 Å². The van der Waals surface area contributed by atoms with Gasteiger partial charge in [0.25, 0.3) is 5.91 Å². The van der Waals surface area contributed by atoms with E-state index in [1.54, 1.807) is 0 Å². The summed E-state index contributed by atoms with van der Waals surface area (Å²) < 4.78 is 0. The molecule has 3 rings (SSSR count). The van der Waals surface area contributed by atoms with E-state index >= 15 is 0 Å². The largest absolute Gasteiger partial charge is 0.394 e. The summed E-state index contributed by atoms with van der Waals surface area (Å²) >= 11 is 0. The molecule has 180 valence electrons. The zero-order valence-corrected chi connectivity index (χ0v) is 20.3. The molecule has 0 spiro atoms. The van der Waals surface area contributed by atoms with Gasteiger partial charge in [-0.3, -0.25) is 9.59 Å². The van der Waals surface area contributed by atoms with Gasteiger partial charge in [-0.25, -0.2) is 0 Å². The van der Waals surface area contributed by atoms with Crippen LogP contribution in [0.3, 0.4) is 0 Å². The lowest BCUT2D eigenvalue weighted by Crippen LogP contribution is -2.49. The van der Waals surface area contributed by atoms with E-state index in [9.17, 15) is 19.8 Å². The first-order valence-electron chi connectivity index (χ1n) is 11.6. The van der Waals surface area contributed by atoms with E-state index in [1.165, 1.54) is 5.57 Å². The minimum absolute atomic E-state index is 0.0570. The molecule has 2 aliphatic rings. The lowest BCUT2D eigenvalue weighted by Gasteiger charge is -2.31. The standard InChI is InChI=1S/C26H37N3O4/c1-7-25(6,12-8-9-15(2)3)18-10-11-19-20-22(18)29-24(32)26(20,33)13-17(14-30)27-23(31)21(28-19)16(4)5/h7,9-11,16-17,21,28,30,33H,1,8,12-14H2,2-6H3,(H,27,31)(H,29,32)/t17-,21-,25-,26+/m0/s1. The maximum absolute atomic E-state index is 13.2. The molecule has 2 aliphatic heterocycles. The topological polar surface area (TPSA) is 111 Å². The molecule has 1 aromatic carbocycles. The van der Waals surface area contributed by atoms with E-state index in [1.807, 2.05) is 32.1 Å². The van der Waals surface area contributed by atoms with Crippen LogP contribution in [-0.4, -0.2) is 40.7 Å². The van der Waals surface area contributed by atoms with Gasteiger partial charge in [0.2, 0.25) is 5.91 Å². The molecular formula is C26H37N3O4. The Labute approximate surface area is 196 Å². The van der Waals surface area contributed by atoms with Crippen LogP contribution in [-0.2, 0) is 20.6 Å². The third-order valence-electron chi connectivity index (χ3n) is 6.88. The first-order chi connectivity index (χ1) is 15.5. The summed E-state index contributed by atoms with van der Waals surface area (Å²) in [6, 6.07) is 2.42. The number of amides is 2. The monoisotopic (exact) mass is 455 g/mol. The van der Waals surface area contributed by atoms with Crippen LogP contribution >= 0.6 is 0 Å². The van der Waals surface area contributed by atoms with Crippen molar-refractivity contribution in [2.75, 3.05) is 17.2 Å². The first kappa shape index (κ1) is 25.0. The molecule has 0 bridgehead atoms. The van der Waals surface area contributed by atoms with E-state index in [2.05, 4.69) is 49.4 Å². The van der Waals surface area contributed by atoms with Crippen molar-refractivity contribution in [3.05, 3.63) is 47.6 Å². The summed E-state index contributed by atoms with van der Waals surface area (Å²) in [7, 11) is 0. The molecule has 0 fully saturated rings. The smallest absolute Gasteiger partial charge is 0.261 e. The maximum Gasteiger partial charge on any atom is 0.261 e. The fourth-order valence-electron chi connectivity index (χ4n) is 4.80. The number of benzene rings is 1. The molecule has 0 aromatic heterocycles. The maximum atomic E-state index is 13.2. The van der Waals surface area contributed by atoms with Gasteiger partial charge in [-0.1, -0.05) is 44.6 Å².